The lowest BCUT2D eigenvalue weighted by Gasteiger charge is -2.42. The van der Waals surface area contributed by atoms with Crippen molar-refractivity contribution in [1.29, 1.82) is 0 Å². The van der Waals surface area contributed by atoms with Gasteiger partial charge >= 0.3 is 0 Å². The van der Waals surface area contributed by atoms with Crippen LogP contribution in [0.25, 0.3) is 105 Å². The van der Waals surface area contributed by atoms with Gasteiger partial charge in [-0.1, -0.05) is 251 Å². The monoisotopic (exact) mass is 1050 g/mol. The molecule has 4 heteroatoms. The molecule has 3 nitrogen and oxygen atoms in total. The van der Waals surface area contributed by atoms with Gasteiger partial charge in [-0.25, -0.2) is 0 Å². The van der Waals surface area contributed by atoms with Gasteiger partial charge in [-0.2, -0.15) is 0 Å². The summed E-state index contributed by atoms with van der Waals surface area (Å²) in [5, 5.41) is 7.30. The number of nitrogens with zero attached hydrogens (tertiary/aromatic N) is 2. The zero-order valence-corrected chi connectivity index (χ0v) is 45.9. The Labute approximate surface area is 478 Å². The molecule has 0 N–H and O–H groups in total. The maximum Gasteiger partial charge on any atom is 0.256 e. The number of fused-ring (bicyclic) bond motifs is 9. The molecule has 0 spiro atoms. The highest BCUT2D eigenvalue weighted by Crippen LogP contribution is 2.53. The predicted molar refractivity (Wildman–Crippen MR) is 348 cm³/mol. The normalized spacial score (nSPS) is 12.6. The Bertz CT molecular complexity index is 4700. The van der Waals surface area contributed by atoms with Crippen LogP contribution in [-0.2, 0) is 5.41 Å². The highest BCUT2D eigenvalue weighted by atomic mass is 16.5. The summed E-state index contributed by atoms with van der Waals surface area (Å²) in [7, 11) is 0. The number of hydrogen-bond acceptors (Lipinski definition) is 2. The zero-order valence-electron chi connectivity index (χ0n) is 45.9. The minimum atomic E-state index is -0.187. The van der Waals surface area contributed by atoms with Crippen LogP contribution in [0.4, 0.5) is 17.1 Å². The predicted octanol–water partition coefficient (Wildman–Crippen LogP) is 19.1. The molecule has 0 bridgehead atoms. The molecule has 0 saturated heterocycles. The first kappa shape index (κ1) is 47.8. The lowest BCUT2D eigenvalue weighted by molar-refractivity contribution is 0.487. The van der Waals surface area contributed by atoms with Gasteiger partial charge in [-0.3, -0.25) is 0 Å². The summed E-state index contributed by atoms with van der Waals surface area (Å²) >= 11 is 0. The molecule has 0 unspecified atom stereocenters. The van der Waals surface area contributed by atoms with Gasteiger partial charge in [0.2, 0.25) is 0 Å². The van der Waals surface area contributed by atoms with E-state index >= 15 is 0 Å². The Hall–Kier alpha value is -10.2. The number of anilines is 3. The molecule has 13 aromatic carbocycles. The van der Waals surface area contributed by atoms with Crippen molar-refractivity contribution < 1.29 is 4.74 Å². The average molecular weight is 1050 g/mol. The Morgan fingerprint density at radius 1 is 0.341 bits per heavy atom. The largest absolute Gasteiger partial charge is 0.458 e. The third-order valence-electron chi connectivity index (χ3n) is 17.4. The summed E-state index contributed by atoms with van der Waals surface area (Å²) in [5.41, 5.74) is 23.0. The quantitative estimate of drug-likeness (QED) is 0.117. The van der Waals surface area contributed by atoms with Crippen molar-refractivity contribution in [3.63, 3.8) is 0 Å². The zero-order chi connectivity index (χ0) is 54.6. The molecule has 2 aliphatic rings. The Morgan fingerprint density at radius 3 is 1.34 bits per heavy atom. The maximum absolute atomic E-state index is 7.47. The highest BCUT2D eigenvalue weighted by Gasteiger charge is 2.44. The number of ether oxygens (including phenoxy) is 1. The maximum atomic E-state index is 7.47. The van der Waals surface area contributed by atoms with Crippen LogP contribution in [-0.4, -0.2) is 11.3 Å². The van der Waals surface area contributed by atoms with Crippen molar-refractivity contribution in [2.75, 3.05) is 4.90 Å². The number of hydrogen-bond donors (Lipinski definition) is 0. The lowest BCUT2D eigenvalue weighted by Crippen LogP contribution is -2.59. The first-order valence-electron chi connectivity index (χ1n) is 28.6. The van der Waals surface area contributed by atoms with Gasteiger partial charge in [0.1, 0.15) is 11.5 Å². The molecule has 14 aromatic rings. The van der Waals surface area contributed by atoms with E-state index in [1.54, 1.807) is 0 Å². The molecule has 0 saturated carbocycles. The molecule has 1 aromatic heterocycles. The summed E-state index contributed by atoms with van der Waals surface area (Å²) in [5.74, 6) is 1.71. The second-order valence-corrected chi connectivity index (χ2v) is 23.1. The summed E-state index contributed by atoms with van der Waals surface area (Å²) < 4.78 is 9.92. The van der Waals surface area contributed by atoms with Crippen molar-refractivity contribution >= 4 is 83.5 Å². The Morgan fingerprint density at radius 2 is 0.805 bits per heavy atom. The van der Waals surface area contributed by atoms with Crippen LogP contribution >= 0.6 is 0 Å². The standard InChI is InChI=1S/C78H55BN2O/c1-78(2,3)56-46-64(51-26-10-5-11-27-51)77(65(47-56)52-28-12-6-13-29-52)81-70-45-55(75-62-36-18-16-34-60(62)74(53-30-14-7-15-31-53)61-35-17-19-37-63(61)75)40-42-66(70)79-67-44-54(50-24-8-4-9-25-50)41-43-72(67)82-73-49-57(48-71(81)76(73)79)80-68-38-22-20-32-58(68)59-33-21-23-39-69(59)80/h4-49H,1-3H3. The third kappa shape index (κ3) is 7.52. The van der Waals surface area contributed by atoms with Crippen LogP contribution in [0.2, 0.25) is 0 Å². The fourth-order valence-electron chi connectivity index (χ4n) is 13.6. The smallest absolute Gasteiger partial charge is 0.256 e. The van der Waals surface area contributed by atoms with E-state index in [4.69, 9.17) is 4.74 Å². The Kier molecular flexibility index (Phi) is 10.9. The van der Waals surface area contributed by atoms with Crippen LogP contribution in [0.5, 0.6) is 11.5 Å². The van der Waals surface area contributed by atoms with E-state index in [0.29, 0.717) is 0 Å². The minimum absolute atomic E-state index is 0.165. The van der Waals surface area contributed by atoms with Crippen molar-refractivity contribution in [2.45, 2.75) is 26.2 Å². The molecular formula is C78H55BN2O. The van der Waals surface area contributed by atoms with E-state index in [0.717, 1.165) is 89.6 Å². The molecule has 0 atom stereocenters. The van der Waals surface area contributed by atoms with Gasteiger partial charge in [0, 0.05) is 39.3 Å². The van der Waals surface area contributed by atoms with E-state index in [1.165, 1.54) is 65.6 Å². The SMILES string of the molecule is CC(C)(C)c1cc(-c2ccccc2)c(N2c3cc(-c4c5ccccc5c(-c5ccccc5)c5ccccc45)ccc3B3c4cc(-c5ccccc5)ccc4Oc4cc(-n5c6ccccc6c6ccccc65)cc2c43)c(-c2ccccc2)c1. The Balaban J connectivity index is 1.07. The fraction of sp³-hybridized carbons (Fsp3) is 0.0513. The van der Waals surface area contributed by atoms with Crippen LogP contribution in [0.1, 0.15) is 26.3 Å². The molecule has 386 valence electrons. The fourth-order valence-corrected chi connectivity index (χ4v) is 13.6. The van der Waals surface area contributed by atoms with Crippen molar-refractivity contribution in [3.8, 4) is 72.8 Å². The highest BCUT2D eigenvalue weighted by molar-refractivity contribution is 6.99. The van der Waals surface area contributed by atoms with Gasteiger partial charge in [-0.05, 0) is 136 Å². The molecule has 0 amide bonds. The molecule has 0 fully saturated rings. The van der Waals surface area contributed by atoms with E-state index in [9.17, 15) is 0 Å². The van der Waals surface area contributed by atoms with Crippen molar-refractivity contribution in [3.05, 3.63) is 285 Å². The van der Waals surface area contributed by atoms with E-state index in [2.05, 4.69) is 309 Å². The van der Waals surface area contributed by atoms with Gasteiger partial charge in [0.05, 0.1) is 22.4 Å². The van der Waals surface area contributed by atoms with Crippen molar-refractivity contribution in [2.24, 2.45) is 0 Å². The summed E-state index contributed by atoms with van der Waals surface area (Å²) in [6.45, 7) is 6.81. The minimum Gasteiger partial charge on any atom is -0.458 e. The van der Waals surface area contributed by atoms with E-state index in [1.807, 2.05) is 0 Å². The van der Waals surface area contributed by atoms with Crippen LogP contribution in [0.15, 0.2) is 279 Å². The van der Waals surface area contributed by atoms with E-state index < -0.39 is 0 Å². The molecular weight excluding hydrogens is 992 g/mol. The van der Waals surface area contributed by atoms with Gasteiger partial charge < -0.3 is 14.2 Å². The third-order valence-corrected chi connectivity index (χ3v) is 17.4. The molecule has 0 radical (unpaired) electrons. The molecule has 2 aliphatic heterocycles. The first-order valence-corrected chi connectivity index (χ1v) is 28.6. The summed E-state index contributed by atoms with van der Waals surface area (Å²) in [6.07, 6.45) is 0. The molecule has 16 rings (SSSR count). The summed E-state index contributed by atoms with van der Waals surface area (Å²) in [6, 6.07) is 103. The molecule has 82 heavy (non-hydrogen) atoms. The second-order valence-electron chi connectivity index (χ2n) is 23.1. The van der Waals surface area contributed by atoms with Gasteiger partial charge in [-0.15, -0.1) is 0 Å². The average Bonchev–Trinajstić information content (AvgIpc) is 2.05. The van der Waals surface area contributed by atoms with Crippen LogP contribution in [0.3, 0.4) is 0 Å². The molecule has 0 aliphatic carbocycles. The van der Waals surface area contributed by atoms with Crippen LogP contribution < -0.4 is 26.0 Å². The topological polar surface area (TPSA) is 17.4 Å². The van der Waals surface area contributed by atoms with Gasteiger partial charge in [0.25, 0.3) is 6.71 Å². The summed E-state index contributed by atoms with van der Waals surface area (Å²) in [4.78, 5) is 2.64. The lowest BCUT2D eigenvalue weighted by atomic mass is 9.34. The first-order chi connectivity index (χ1) is 40.3. The van der Waals surface area contributed by atoms with E-state index in [-0.39, 0.29) is 12.1 Å². The van der Waals surface area contributed by atoms with Crippen LogP contribution in [0, 0.1) is 0 Å². The van der Waals surface area contributed by atoms with Crippen molar-refractivity contribution in [1.82, 2.24) is 4.57 Å². The second kappa shape index (κ2) is 18.7. The number of benzene rings is 13. The number of rotatable bonds is 7. The number of para-hydroxylation sites is 2. The van der Waals surface area contributed by atoms with Gasteiger partial charge in [0.15, 0.2) is 0 Å². The number of aromatic nitrogens is 1. The molecule has 3 heterocycles.